The highest BCUT2D eigenvalue weighted by Crippen LogP contribution is 2.15. The fourth-order valence-electron chi connectivity index (χ4n) is 0.615. The summed E-state index contributed by atoms with van der Waals surface area (Å²) < 4.78 is 39.0. The van der Waals surface area contributed by atoms with Gasteiger partial charge in [-0.25, -0.2) is 4.79 Å². The van der Waals surface area contributed by atoms with Crippen LogP contribution in [0.3, 0.4) is 0 Å². The SMILES string of the molecule is C=CCNC=C(C)C(=O)OCC(F)(F)F. The molecule has 0 aromatic carbocycles. The highest BCUT2D eigenvalue weighted by Gasteiger charge is 2.29. The largest absolute Gasteiger partial charge is 0.453 e. The Balaban J connectivity index is 3.99. The minimum absolute atomic E-state index is 0.0705. The van der Waals surface area contributed by atoms with Crippen molar-refractivity contribution in [1.29, 1.82) is 0 Å². The Morgan fingerprint density at radius 3 is 2.60 bits per heavy atom. The van der Waals surface area contributed by atoms with Gasteiger partial charge in [0.2, 0.25) is 0 Å². The van der Waals surface area contributed by atoms with Crippen molar-refractivity contribution in [3.8, 4) is 0 Å². The van der Waals surface area contributed by atoms with Crippen LogP contribution in [-0.4, -0.2) is 25.3 Å². The molecule has 0 aromatic rings. The van der Waals surface area contributed by atoms with Gasteiger partial charge in [0.25, 0.3) is 0 Å². The number of hydrogen-bond acceptors (Lipinski definition) is 3. The van der Waals surface area contributed by atoms with Crippen LogP contribution in [0.5, 0.6) is 0 Å². The number of rotatable bonds is 5. The Bertz CT molecular complexity index is 259. The van der Waals surface area contributed by atoms with Crippen LogP contribution in [-0.2, 0) is 9.53 Å². The van der Waals surface area contributed by atoms with Crippen molar-refractivity contribution < 1.29 is 22.7 Å². The van der Waals surface area contributed by atoms with Crippen LogP contribution >= 0.6 is 0 Å². The Hall–Kier alpha value is -1.46. The summed E-state index contributed by atoms with van der Waals surface area (Å²) >= 11 is 0. The maximum Gasteiger partial charge on any atom is 0.422 e. The topological polar surface area (TPSA) is 38.3 Å². The molecule has 0 aliphatic heterocycles. The molecule has 15 heavy (non-hydrogen) atoms. The predicted octanol–water partition coefficient (Wildman–Crippen LogP) is 1.77. The number of hydrogen-bond donors (Lipinski definition) is 1. The quantitative estimate of drug-likeness (QED) is 0.334. The first-order valence-electron chi connectivity index (χ1n) is 4.11. The van der Waals surface area contributed by atoms with Crippen molar-refractivity contribution in [2.45, 2.75) is 13.1 Å². The molecule has 0 unspecified atom stereocenters. The van der Waals surface area contributed by atoms with E-state index in [1.807, 2.05) is 0 Å². The molecule has 0 radical (unpaired) electrons. The molecule has 1 N–H and O–H groups in total. The van der Waals surface area contributed by atoms with Crippen molar-refractivity contribution >= 4 is 5.97 Å². The summed E-state index contributed by atoms with van der Waals surface area (Å²) in [5.41, 5.74) is 0.0705. The first-order chi connectivity index (χ1) is 6.87. The maximum absolute atomic E-state index is 11.7. The summed E-state index contributed by atoms with van der Waals surface area (Å²) in [4.78, 5) is 10.9. The molecule has 86 valence electrons. The van der Waals surface area contributed by atoms with Crippen molar-refractivity contribution in [2.75, 3.05) is 13.2 Å². The molecule has 0 aliphatic carbocycles. The molecular weight excluding hydrogens is 211 g/mol. The van der Waals surface area contributed by atoms with Gasteiger partial charge in [-0.15, -0.1) is 6.58 Å². The van der Waals surface area contributed by atoms with Crippen molar-refractivity contribution in [3.63, 3.8) is 0 Å². The molecule has 6 heteroatoms. The molecule has 0 heterocycles. The average Bonchev–Trinajstić information content (AvgIpc) is 2.13. The standard InChI is InChI=1S/C9H12F3NO2/c1-3-4-13-5-7(2)8(14)15-6-9(10,11)12/h3,5,13H,1,4,6H2,2H3. The third-order valence-corrected chi connectivity index (χ3v) is 1.27. The Labute approximate surface area is 85.6 Å². The summed E-state index contributed by atoms with van der Waals surface area (Å²) in [5.74, 6) is -0.996. The molecule has 0 spiro atoms. The number of carbonyl (C=O) groups excluding carboxylic acids is 1. The number of alkyl halides is 3. The molecule has 0 atom stereocenters. The highest BCUT2D eigenvalue weighted by atomic mass is 19.4. The van der Waals surface area contributed by atoms with E-state index in [2.05, 4.69) is 16.6 Å². The summed E-state index contributed by atoms with van der Waals surface area (Å²) in [7, 11) is 0. The van der Waals surface area contributed by atoms with Crippen LogP contribution in [0.2, 0.25) is 0 Å². The van der Waals surface area contributed by atoms with Crippen molar-refractivity contribution in [1.82, 2.24) is 5.32 Å². The van der Waals surface area contributed by atoms with Crippen LogP contribution in [0.1, 0.15) is 6.92 Å². The molecule has 0 saturated carbocycles. The van der Waals surface area contributed by atoms with Gasteiger partial charge in [-0.1, -0.05) is 6.08 Å². The van der Waals surface area contributed by atoms with Crippen LogP contribution in [0.4, 0.5) is 13.2 Å². The van der Waals surface area contributed by atoms with E-state index in [9.17, 15) is 18.0 Å². The summed E-state index contributed by atoms with van der Waals surface area (Å²) in [6, 6.07) is 0. The van der Waals surface area contributed by atoms with Gasteiger partial charge < -0.3 is 10.1 Å². The molecule has 0 fully saturated rings. The van der Waals surface area contributed by atoms with E-state index < -0.39 is 18.8 Å². The van der Waals surface area contributed by atoms with E-state index in [1.54, 1.807) is 6.08 Å². The lowest BCUT2D eigenvalue weighted by Gasteiger charge is -2.07. The Morgan fingerprint density at radius 1 is 1.53 bits per heavy atom. The van der Waals surface area contributed by atoms with Gasteiger partial charge in [0.15, 0.2) is 6.61 Å². The summed E-state index contributed by atoms with van der Waals surface area (Å²) in [6.07, 6.45) is -1.67. The van der Waals surface area contributed by atoms with Crippen LogP contribution in [0, 0.1) is 0 Å². The van der Waals surface area contributed by atoms with E-state index >= 15 is 0 Å². The third-order valence-electron chi connectivity index (χ3n) is 1.27. The molecule has 0 saturated heterocycles. The van der Waals surface area contributed by atoms with Crippen molar-refractivity contribution in [3.05, 3.63) is 24.4 Å². The van der Waals surface area contributed by atoms with Gasteiger partial charge in [0, 0.05) is 18.3 Å². The Kier molecular flexibility index (Phi) is 5.51. The van der Waals surface area contributed by atoms with Gasteiger partial charge >= 0.3 is 12.1 Å². The second kappa shape index (κ2) is 6.10. The van der Waals surface area contributed by atoms with E-state index in [-0.39, 0.29) is 5.57 Å². The lowest BCUT2D eigenvalue weighted by Crippen LogP contribution is -2.21. The van der Waals surface area contributed by atoms with E-state index in [4.69, 9.17) is 0 Å². The van der Waals surface area contributed by atoms with Gasteiger partial charge in [0.1, 0.15) is 0 Å². The number of esters is 1. The van der Waals surface area contributed by atoms with Crippen LogP contribution < -0.4 is 5.32 Å². The lowest BCUT2D eigenvalue weighted by atomic mass is 10.3. The number of halogens is 3. The molecule has 0 rings (SSSR count). The van der Waals surface area contributed by atoms with E-state index in [0.717, 1.165) is 0 Å². The number of carbonyl (C=O) groups is 1. The van der Waals surface area contributed by atoms with Crippen LogP contribution in [0.25, 0.3) is 0 Å². The molecule has 3 nitrogen and oxygen atoms in total. The normalized spacial score (nSPS) is 12.1. The van der Waals surface area contributed by atoms with Crippen LogP contribution in [0.15, 0.2) is 24.4 Å². The van der Waals surface area contributed by atoms with Crippen molar-refractivity contribution in [2.24, 2.45) is 0 Å². The van der Waals surface area contributed by atoms with Gasteiger partial charge in [-0.05, 0) is 6.92 Å². The minimum Gasteiger partial charge on any atom is -0.453 e. The predicted molar refractivity (Wildman–Crippen MR) is 49.0 cm³/mol. The fraction of sp³-hybridized carbons (Fsp3) is 0.444. The molecule has 0 amide bonds. The Morgan fingerprint density at radius 2 is 2.13 bits per heavy atom. The second-order valence-corrected chi connectivity index (χ2v) is 2.72. The minimum atomic E-state index is -4.50. The number of nitrogens with one attached hydrogen (secondary N) is 1. The van der Waals surface area contributed by atoms with Gasteiger partial charge in [0.05, 0.1) is 0 Å². The lowest BCUT2D eigenvalue weighted by molar-refractivity contribution is -0.183. The number of ether oxygens (including phenoxy) is 1. The molecule has 0 aromatic heterocycles. The second-order valence-electron chi connectivity index (χ2n) is 2.72. The smallest absolute Gasteiger partial charge is 0.422 e. The molecule has 0 bridgehead atoms. The summed E-state index contributed by atoms with van der Waals surface area (Å²) in [5, 5.41) is 2.65. The first-order valence-corrected chi connectivity index (χ1v) is 4.11. The average molecular weight is 223 g/mol. The molecule has 0 aliphatic rings. The third kappa shape index (κ3) is 7.60. The zero-order valence-electron chi connectivity index (χ0n) is 8.23. The zero-order chi connectivity index (χ0) is 11.9. The highest BCUT2D eigenvalue weighted by molar-refractivity contribution is 5.87. The zero-order valence-corrected chi connectivity index (χ0v) is 8.23. The first kappa shape index (κ1) is 13.5. The summed E-state index contributed by atoms with van der Waals surface area (Å²) in [6.45, 7) is 3.62. The maximum atomic E-state index is 11.7. The van der Waals surface area contributed by atoms with E-state index in [1.165, 1.54) is 13.1 Å². The fourth-order valence-corrected chi connectivity index (χ4v) is 0.615. The molecular formula is C9H12F3NO2. The van der Waals surface area contributed by atoms with Gasteiger partial charge in [-0.3, -0.25) is 0 Å². The monoisotopic (exact) mass is 223 g/mol. The van der Waals surface area contributed by atoms with Gasteiger partial charge in [-0.2, -0.15) is 13.2 Å². The van der Waals surface area contributed by atoms with E-state index in [0.29, 0.717) is 6.54 Å².